The zero-order valence-corrected chi connectivity index (χ0v) is 11.0. The lowest BCUT2D eigenvalue weighted by Gasteiger charge is -2.15. The number of rotatable bonds is 4. The molecular formula is C12H16N4O4. The van der Waals surface area contributed by atoms with Crippen LogP contribution in [0.5, 0.6) is 0 Å². The first kappa shape index (κ1) is 14.5. The number of hydrogen-bond donors (Lipinski definition) is 3. The molecule has 0 spiro atoms. The molecule has 1 aromatic rings. The van der Waals surface area contributed by atoms with Crippen LogP contribution < -0.4 is 16.6 Å². The summed E-state index contributed by atoms with van der Waals surface area (Å²) in [6, 6.07) is 1.74. The molecule has 0 radical (unpaired) electrons. The first-order valence-corrected chi connectivity index (χ1v) is 6.25. The Labute approximate surface area is 114 Å². The van der Waals surface area contributed by atoms with E-state index in [9.17, 15) is 14.7 Å². The lowest BCUT2D eigenvalue weighted by atomic mass is 10.1. The van der Waals surface area contributed by atoms with Crippen LogP contribution in [0.15, 0.2) is 15.8 Å². The zero-order chi connectivity index (χ0) is 14.7. The number of nitrogens with one attached hydrogen (secondary N) is 2. The number of aliphatic hydroxyl groups is 1. The Hall–Kier alpha value is -1.95. The fourth-order valence-corrected chi connectivity index (χ4v) is 2.26. The topological polar surface area (TPSA) is 120 Å². The van der Waals surface area contributed by atoms with Crippen molar-refractivity contribution in [3.63, 3.8) is 0 Å². The van der Waals surface area contributed by atoms with Gasteiger partial charge < -0.3 is 9.84 Å². The summed E-state index contributed by atoms with van der Waals surface area (Å²) in [6.07, 6.45) is 0.796. The van der Waals surface area contributed by atoms with Crippen molar-refractivity contribution in [3.05, 3.63) is 32.6 Å². The monoisotopic (exact) mass is 280 g/mol. The van der Waals surface area contributed by atoms with Crippen molar-refractivity contribution in [1.29, 1.82) is 5.26 Å². The maximum Gasteiger partial charge on any atom is 0.330 e. The van der Waals surface area contributed by atoms with Gasteiger partial charge in [-0.3, -0.25) is 19.7 Å². The van der Waals surface area contributed by atoms with E-state index in [0.29, 0.717) is 12.0 Å². The molecule has 0 unspecified atom stereocenters. The molecule has 0 saturated carbocycles. The smallest absolute Gasteiger partial charge is 0.330 e. The van der Waals surface area contributed by atoms with Gasteiger partial charge in [-0.1, -0.05) is 0 Å². The number of ether oxygens (including phenoxy) is 1. The number of hydrogen-bond acceptors (Lipinski definition) is 6. The van der Waals surface area contributed by atoms with E-state index in [4.69, 9.17) is 10.00 Å². The fraction of sp³-hybridized carbons (Fsp3) is 0.583. The Balaban J connectivity index is 2.23. The third-order valence-corrected chi connectivity index (χ3v) is 3.32. The second-order valence-corrected chi connectivity index (χ2v) is 4.67. The van der Waals surface area contributed by atoms with Crippen molar-refractivity contribution < 1.29 is 9.84 Å². The molecule has 1 aliphatic rings. The van der Waals surface area contributed by atoms with Crippen molar-refractivity contribution in [1.82, 2.24) is 14.9 Å². The first-order chi connectivity index (χ1) is 9.56. The molecule has 2 rings (SSSR count). The lowest BCUT2D eigenvalue weighted by Crippen LogP contribution is -2.38. The van der Waals surface area contributed by atoms with Crippen molar-refractivity contribution in [3.8, 4) is 6.07 Å². The van der Waals surface area contributed by atoms with Crippen LogP contribution in [0, 0.1) is 18.3 Å². The summed E-state index contributed by atoms with van der Waals surface area (Å²) in [7, 11) is 0. The Morgan fingerprint density at radius 3 is 3.05 bits per heavy atom. The van der Waals surface area contributed by atoms with Crippen LogP contribution in [0.4, 0.5) is 0 Å². The van der Waals surface area contributed by atoms with E-state index in [-0.39, 0.29) is 19.2 Å². The van der Waals surface area contributed by atoms with Crippen molar-refractivity contribution >= 4 is 0 Å². The van der Waals surface area contributed by atoms with Crippen LogP contribution in [0.2, 0.25) is 0 Å². The average Bonchev–Trinajstić information content (AvgIpc) is 2.83. The Kier molecular flexibility index (Phi) is 4.34. The normalized spacial score (nSPS) is 25.6. The molecule has 108 valence electrons. The molecule has 1 fully saturated rings. The molecule has 0 amide bonds. The van der Waals surface area contributed by atoms with Crippen molar-refractivity contribution in [2.75, 3.05) is 13.2 Å². The van der Waals surface area contributed by atoms with Gasteiger partial charge in [0.2, 0.25) is 0 Å². The molecule has 1 saturated heterocycles. The highest BCUT2D eigenvalue weighted by molar-refractivity contribution is 5.02. The van der Waals surface area contributed by atoms with E-state index in [1.807, 2.05) is 6.07 Å². The number of aryl methyl sites for hydroxylation is 1. The summed E-state index contributed by atoms with van der Waals surface area (Å²) in [5.74, 6) is 0. The van der Waals surface area contributed by atoms with E-state index in [1.165, 1.54) is 10.8 Å². The minimum Gasteiger partial charge on any atom is -0.394 e. The minimum atomic E-state index is -0.577. The first-order valence-electron chi connectivity index (χ1n) is 6.25. The second-order valence-electron chi connectivity index (χ2n) is 4.67. The van der Waals surface area contributed by atoms with E-state index in [0.717, 1.165) is 0 Å². The molecule has 8 heteroatoms. The third-order valence-electron chi connectivity index (χ3n) is 3.32. The highest BCUT2D eigenvalue weighted by Gasteiger charge is 2.35. The summed E-state index contributed by atoms with van der Waals surface area (Å²) < 4.78 is 6.90. The molecule has 3 atom stereocenters. The van der Waals surface area contributed by atoms with Crippen molar-refractivity contribution in [2.45, 2.75) is 31.7 Å². The Bertz CT molecular complexity index is 630. The van der Waals surface area contributed by atoms with E-state index in [1.54, 1.807) is 6.92 Å². The predicted molar refractivity (Wildman–Crippen MR) is 69.1 cm³/mol. The summed E-state index contributed by atoms with van der Waals surface area (Å²) in [5, 5.41) is 20.8. The number of aromatic amines is 1. The Morgan fingerprint density at radius 2 is 2.40 bits per heavy atom. The maximum absolute atomic E-state index is 11.8. The second kappa shape index (κ2) is 6.00. The molecule has 3 N–H and O–H groups in total. The van der Waals surface area contributed by atoms with Crippen molar-refractivity contribution in [2.24, 2.45) is 0 Å². The van der Waals surface area contributed by atoms with E-state index >= 15 is 0 Å². The van der Waals surface area contributed by atoms with Crippen LogP contribution in [0.1, 0.15) is 18.2 Å². The number of aliphatic hydroxyl groups excluding tert-OH is 1. The van der Waals surface area contributed by atoms with Gasteiger partial charge in [0.15, 0.2) is 0 Å². The number of H-pyrrole nitrogens is 1. The van der Waals surface area contributed by atoms with Crippen LogP contribution in [-0.2, 0) is 4.74 Å². The molecule has 0 aromatic carbocycles. The molecule has 2 heterocycles. The maximum atomic E-state index is 11.8. The standard InChI is InChI=1S/C12H16N4O4/c1-7-5-16(12(19)15-11(7)18)10-4-8(14-3-2-13)9(6-17)20-10/h5,8-10,14,17H,3-4,6H2,1H3,(H,15,18,19)/t8-,9+,10+/m0/s1. The van der Waals surface area contributed by atoms with Gasteiger partial charge in [0.1, 0.15) is 6.23 Å². The average molecular weight is 280 g/mol. The van der Waals surface area contributed by atoms with E-state index in [2.05, 4.69) is 10.3 Å². The largest absolute Gasteiger partial charge is 0.394 e. The molecule has 1 aliphatic heterocycles. The van der Waals surface area contributed by atoms with Gasteiger partial charge >= 0.3 is 5.69 Å². The van der Waals surface area contributed by atoms with Gasteiger partial charge in [0.25, 0.3) is 5.56 Å². The van der Waals surface area contributed by atoms with Gasteiger partial charge in [0.05, 0.1) is 25.3 Å². The molecule has 0 aliphatic carbocycles. The van der Waals surface area contributed by atoms with Gasteiger partial charge in [-0.15, -0.1) is 0 Å². The number of aromatic nitrogens is 2. The summed E-state index contributed by atoms with van der Waals surface area (Å²) in [5.41, 5.74) is -0.576. The molecule has 20 heavy (non-hydrogen) atoms. The Morgan fingerprint density at radius 1 is 1.65 bits per heavy atom. The zero-order valence-electron chi connectivity index (χ0n) is 11.0. The van der Waals surface area contributed by atoms with Crippen LogP contribution in [0.3, 0.4) is 0 Å². The highest BCUT2D eigenvalue weighted by atomic mass is 16.5. The van der Waals surface area contributed by atoms with Gasteiger partial charge in [-0.05, 0) is 6.92 Å². The van der Waals surface area contributed by atoms with Crippen LogP contribution in [0.25, 0.3) is 0 Å². The van der Waals surface area contributed by atoms with Crippen LogP contribution >= 0.6 is 0 Å². The van der Waals surface area contributed by atoms with Crippen LogP contribution in [-0.4, -0.2) is 40.0 Å². The molecule has 1 aromatic heterocycles. The van der Waals surface area contributed by atoms with E-state index < -0.39 is 23.6 Å². The SMILES string of the molecule is Cc1cn([C@H]2C[C@H](NCC#N)[C@@H](CO)O2)c(=O)[nH]c1=O. The van der Waals surface area contributed by atoms with Gasteiger partial charge in [0, 0.05) is 24.2 Å². The van der Waals surface area contributed by atoms with Gasteiger partial charge in [-0.25, -0.2) is 4.79 Å². The predicted octanol–water partition coefficient (Wildman–Crippen LogP) is -1.39. The molecule has 8 nitrogen and oxygen atoms in total. The third kappa shape index (κ3) is 2.80. The molecular weight excluding hydrogens is 264 g/mol. The summed E-state index contributed by atoms with van der Waals surface area (Å²) >= 11 is 0. The molecule has 0 bridgehead atoms. The number of nitriles is 1. The van der Waals surface area contributed by atoms with Gasteiger partial charge in [-0.2, -0.15) is 5.26 Å². The number of nitrogens with zero attached hydrogens (tertiary/aromatic N) is 2. The fourth-order valence-electron chi connectivity index (χ4n) is 2.26. The summed E-state index contributed by atoms with van der Waals surface area (Å²) in [4.78, 5) is 25.3. The minimum absolute atomic E-state index is 0.136. The lowest BCUT2D eigenvalue weighted by molar-refractivity contribution is -0.0289. The highest BCUT2D eigenvalue weighted by Crippen LogP contribution is 2.27. The summed E-state index contributed by atoms with van der Waals surface area (Å²) in [6.45, 7) is 1.52. The quantitative estimate of drug-likeness (QED) is 0.584.